The fourth-order valence-electron chi connectivity index (χ4n) is 2.98. The molecule has 1 atom stereocenters. The summed E-state index contributed by atoms with van der Waals surface area (Å²) in [5, 5.41) is 2.90. The van der Waals surface area contributed by atoms with Crippen molar-refractivity contribution in [3.05, 3.63) is 52.0 Å². The van der Waals surface area contributed by atoms with Gasteiger partial charge in [0.25, 0.3) is 0 Å². The van der Waals surface area contributed by atoms with Crippen LogP contribution in [-0.4, -0.2) is 25.2 Å². The molecule has 0 fully saturated rings. The van der Waals surface area contributed by atoms with Crippen LogP contribution in [0.25, 0.3) is 0 Å². The van der Waals surface area contributed by atoms with Crippen LogP contribution >= 0.6 is 12.6 Å². The van der Waals surface area contributed by atoms with Crippen LogP contribution < -0.4 is 11.1 Å². The summed E-state index contributed by atoms with van der Waals surface area (Å²) in [5.41, 5.74) is 8.84. The predicted octanol–water partition coefficient (Wildman–Crippen LogP) is 2.54. The molecule has 1 heterocycles. The third-order valence-corrected chi connectivity index (χ3v) is 4.47. The second-order valence-electron chi connectivity index (χ2n) is 5.93. The summed E-state index contributed by atoms with van der Waals surface area (Å²) >= 11 is 4.55. The Morgan fingerprint density at radius 2 is 1.69 bits per heavy atom. The number of hydrogen-bond acceptors (Lipinski definition) is 7. The van der Waals surface area contributed by atoms with E-state index in [1.165, 1.54) is 0 Å². The van der Waals surface area contributed by atoms with Crippen LogP contribution in [0, 0.1) is 6.92 Å². The lowest BCUT2D eigenvalue weighted by atomic mass is 9.81. The van der Waals surface area contributed by atoms with Gasteiger partial charge in [-0.2, -0.15) is 0 Å². The van der Waals surface area contributed by atoms with E-state index in [-0.39, 0.29) is 24.6 Å². The molecule has 6 nitrogen and oxygen atoms in total. The van der Waals surface area contributed by atoms with Crippen molar-refractivity contribution in [1.29, 1.82) is 0 Å². The second-order valence-corrected chi connectivity index (χ2v) is 6.41. The van der Waals surface area contributed by atoms with E-state index in [2.05, 4.69) is 17.9 Å². The second kappa shape index (κ2) is 8.31. The fraction of sp³-hybridized carbons (Fsp3) is 0.368. The number of esters is 2. The smallest absolute Gasteiger partial charge is 0.338 e. The standard InChI is InChI=1S/C19H24N2O4S/c1-5-24-18(22)14-11(4)21-17(20)16(19(23)25-6-2)15(14)12-8-7-10(3)9-13(12)26/h7-9,15,21,26H,5-6,20H2,1-4H3. The number of hydrogen-bond donors (Lipinski definition) is 3. The van der Waals surface area contributed by atoms with Crippen LogP contribution in [0.15, 0.2) is 45.8 Å². The van der Waals surface area contributed by atoms with E-state index in [1.54, 1.807) is 20.8 Å². The molecule has 140 valence electrons. The highest BCUT2D eigenvalue weighted by Crippen LogP contribution is 2.40. The Bertz CT molecular complexity index is 759. The fourth-order valence-corrected chi connectivity index (χ4v) is 3.39. The van der Waals surface area contributed by atoms with Crippen LogP contribution in [0.2, 0.25) is 0 Å². The summed E-state index contributed by atoms with van der Waals surface area (Å²) in [7, 11) is 0. The zero-order valence-corrected chi connectivity index (χ0v) is 16.3. The minimum Gasteiger partial charge on any atom is -0.463 e. The maximum Gasteiger partial charge on any atom is 0.338 e. The first-order valence-corrected chi connectivity index (χ1v) is 8.87. The zero-order chi connectivity index (χ0) is 19.4. The van der Waals surface area contributed by atoms with E-state index in [4.69, 9.17) is 15.2 Å². The molecule has 2 rings (SSSR count). The van der Waals surface area contributed by atoms with Crippen molar-refractivity contribution in [3.8, 4) is 0 Å². The first-order chi connectivity index (χ1) is 12.3. The van der Waals surface area contributed by atoms with Crippen molar-refractivity contribution in [2.45, 2.75) is 38.5 Å². The molecule has 7 heteroatoms. The van der Waals surface area contributed by atoms with Gasteiger partial charge in [0.2, 0.25) is 0 Å². The number of benzene rings is 1. The first kappa shape index (κ1) is 19.9. The van der Waals surface area contributed by atoms with E-state index in [1.807, 2.05) is 25.1 Å². The van der Waals surface area contributed by atoms with Gasteiger partial charge >= 0.3 is 11.9 Å². The Labute approximate surface area is 158 Å². The highest BCUT2D eigenvalue weighted by molar-refractivity contribution is 7.80. The van der Waals surface area contributed by atoms with Crippen LogP contribution in [0.3, 0.4) is 0 Å². The van der Waals surface area contributed by atoms with Gasteiger partial charge in [-0.25, -0.2) is 9.59 Å². The van der Waals surface area contributed by atoms with Crippen molar-refractivity contribution in [3.63, 3.8) is 0 Å². The van der Waals surface area contributed by atoms with Gasteiger partial charge in [-0.3, -0.25) is 0 Å². The molecule has 0 spiro atoms. The van der Waals surface area contributed by atoms with Crippen LogP contribution in [0.5, 0.6) is 0 Å². The van der Waals surface area contributed by atoms with Gasteiger partial charge in [0.05, 0.1) is 30.3 Å². The minimum absolute atomic E-state index is 0.160. The summed E-state index contributed by atoms with van der Waals surface area (Å²) in [5.74, 6) is -1.65. The number of aryl methyl sites for hydroxylation is 1. The summed E-state index contributed by atoms with van der Waals surface area (Å²) < 4.78 is 10.4. The van der Waals surface area contributed by atoms with Crippen molar-refractivity contribution in [2.24, 2.45) is 5.73 Å². The number of carbonyl (C=O) groups is 2. The number of carbonyl (C=O) groups excluding carboxylic acids is 2. The Kier molecular flexibility index (Phi) is 6.37. The Morgan fingerprint density at radius 1 is 1.12 bits per heavy atom. The lowest BCUT2D eigenvalue weighted by molar-refractivity contribution is -0.139. The Hall–Kier alpha value is -2.41. The van der Waals surface area contributed by atoms with E-state index in [0.29, 0.717) is 21.7 Å². The number of dihydropyridines is 1. The average Bonchev–Trinajstić information content (AvgIpc) is 2.54. The van der Waals surface area contributed by atoms with Gasteiger partial charge in [-0.05, 0) is 39.3 Å². The predicted molar refractivity (Wildman–Crippen MR) is 101 cm³/mol. The summed E-state index contributed by atoms with van der Waals surface area (Å²) in [6.45, 7) is 7.52. The summed E-state index contributed by atoms with van der Waals surface area (Å²) in [6.07, 6.45) is 0. The molecule has 1 unspecified atom stereocenters. The van der Waals surface area contributed by atoms with Crippen LogP contribution in [-0.2, 0) is 19.1 Å². The van der Waals surface area contributed by atoms with E-state index in [9.17, 15) is 9.59 Å². The van der Waals surface area contributed by atoms with Gasteiger partial charge in [-0.1, -0.05) is 17.7 Å². The number of nitrogens with one attached hydrogen (secondary N) is 1. The summed E-state index contributed by atoms with van der Waals surface area (Å²) in [6, 6.07) is 5.61. The number of nitrogens with two attached hydrogens (primary N) is 1. The molecular weight excluding hydrogens is 352 g/mol. The molecular formula is C19H24N2O4S. The van der Waals surface area contributed by atoms with Crippen molar-refractivity contribution < 1.29 is 19.1 Å². The normalized spacial score (nSPS) is 17.0. The number of allylic oxidation sites excluding steroid dienone is 1. The third-order valence-electron chi connectivity index (χ3n) is 4.08. The molecule has 0 aromatic heterocycles. The van der Waals surface area contributed by atoms with Crippen LogP contribution in [0.4, 0.5) is 0 Å². The molecule has 1 aliphatic heterocycles. The van der Waals surface area contributed by atoms with Crippen LogP contribution in [0.1, 0.15) is 37.8 Å². The SMILES string of the molecule is CCOC(=O)C1=C(C)NC(N)=C(C(=O)OCC)C1c1ccc(C)cc1S. The van der Waals surface area contributed by atoms with Gasteiger partial charge in [-0.15, -0.1) is 12.6 Å². The monoisotopic (exact) mass is 376 g/mol. The van der Waals surface area contributed by atoms with E-state index >= 15 is 0 Å². The number of rotatable bonds is 5. The third kappa shape index (κ3) is 3.88. The van der Waals surface area contributed by atoms with Gasteiger partial charge in [0.1, 0.15) is 5.82 Å². The van der Waals surface area contributed by atoms with Crippen molar-refractivity contribution in [2.75, 3.05) is 13.2 Å². The van der Waals surface area contributed by atoms with Gasteiger partial charge < -0.3 is 20.5 Å². The largest absolute Gasteiger partial charge is 0.463 e. The highest BCUT2D eigenvalue weighted by Gasteiger charge is 2.39. The Morgan fingerprint density at radius 3 is 2.23 bits per heavy atom. The molecule has 26 heavy (non-hydrogen) atoms. The van der Waals surface area contributed by atoms with Gasteiger partial charge in [0.15, 0.2) is 0 Å². The Balaban J connectivity index is 2.69. The molecule has 1 aromatic rings. The van der Waals surface area contributed by atoms with Crippen molar-refractivity contribution >= 4 is 24.6 Å². The summed E-state index contributed by atoms with van der Waals surface area (Å²) in [4.78, 5) is 25.9. The van der Waals surface area contributed by atoms with Crippen molar-refractivity contribution in [1.82, 2.24) is 5.32 Å². The molecule has 0 amide bonds. The molecule has 0 saturated carbocycles. The topological polar surface area (TPSA) is 90.6 Å². The molecule has 0 aliphatic carbocycles. The average molecular weight is 376 g/mol. The molecule has 0 saturated heterocycles. The van der Waals surface area contributed by atoms with E-state index < -0.39 is 17.9 Å². The highest BCUT2D eigenvalue weighted by atomic mass is 32.1. The maximum absolute atomic E-state index is 12.6. The number of thiol groups is 1. The lowest BCUT2D eigenvalue weighted by Gasteiger charge is -2.30. The molecule has 0 radical (unpaired) electrons. The zero-order valence-electron chi connectivity index (χ0n) is 15.4. The quantitative estimate of drug-likeness (QED) is 0.540. The lowest BCUT2D eigenvalue weighted by Crippen LogP contribution is -2.36. The maximum atomic E-state index is 12.6. The molecule has 0 bridgehead atoms. The van der Waals surface area contributed by atoms with E-state index in [0.717, 1.165) is 5.56 Å². The molecule has 1 aliphatic rings. The molecule has 3 N–H and O–H groups in total. The van der Waals surface area contributed by atoms with Gasteiger partial charge in [0, 0.05) is 10.6 Å². The first-order valence-electron chi connectivity index (χ1n) is 8.42. The number of ether oxygens (including phenoxy) is 2. The molecule has 1 aromatic carbocycles. The minimum atomic E-state index is -0.720.